The van der Waals surface area contributed by atoms with Crippen molar-refractivity contribution in [3.05, 3.63) is 0 Å². The number of nitrogens with zero attached hydrogens (tertiary/aromatic N) is 2. The van der Waals surface area contributed by atoms with Crippen LogP contribution < -0.4 is 5.32 Å². The van der Waals surface area contributed by atoms with Crippen LogP contribution in [0.25, 0.3) is 0 Å². The Kier molecular flexibility index (Phi) is 4.52. The first-order chi connectivity index (χ1) is 8.54. The Morgan fingerprint density at radius 2 is 2.00 bits per heavy atom. The van der Waals surface area contributed by atoms with Crippen molar-refractivity contribution in [1.82, 2.24) is 14.5 Å². The molecule has 1 atom stereocenters. The molecule has 0 saturated carbocycles. The van der Waals surface area contributed by atoms with E-state index in [4.69, 9.17) is 0 Å². The van der Waals surface area contributed by atoms with Crippen LogP contribution in [-0.4, -0.2) is 73.1 Å². The fourth-order valence-corrected chi connectivity index (χ4v) is 4.16. The number of rotatable bonds is 3. The number of piperazine rings is 1. The second kappa shape index (κ2) is 5.77. The molecule has 2 aliphatic heterocycles. The first kappa shape index (κ1) is 14.1. The lowest BCUT2D eigenvalue weighted by Gasteiger charge is -2.35. The predicted octanol–water partition coefficient (Wildman–Crippen LogP) is -0.857. The van der Waals surface area contributed by atoms with Crippen LogP contribution in [0.2, 0.25) is 0 Å². The molecule has 2 aliphatic rings. The Balaban J connectivity index is 1.88. The SMILES string of the molecule is CCS(=O)(=O)N1CCN(C(=O)C2CSCN2)CC1. The molecule has 1 amide bonds. The van der Waals surface area contributed by atoms with Crippen molar-refractivity contribution in [3.63, 3.8) is 0 Å². The first-order valence-corrected chi connectivity index (χ1v) is 8.88. The van der Waals surface area contributed by atoms with E-state index in [1.54, 1.807) is 23.6 Å². The fourth-order valence-electron chi connectivity index (χ4n) is 2.14. The average molecular weight is 293 g/mol. The number of hydrogen-bond donors (Lipinski definition) is 1. The van der Waals surface area contributed by atoms with E-state index in [1.165, 1.54) is 4.31 Å². The lowest BCUT2D eigenvalue weighted by atomic mass is 10.2. The molecule has 0 aromatic heterocycles. The van der Waals surface area contributed by atoms with Crippen LogP contribution in [0.15, 0.2) is 0 Å². The van der Waals surface area contributed by atoms with E-state index in [0.717, 1.165) is 11.6 Å². The van der Waals surface area contributed by atoms with Gasteiger partial charge < -0.3 is 4.90 Å². The molecule has 2 heterocycles. The lowest BCUT2D eigenvalue weighted by molar-refractivity contribution is -0.133. The van der Waals surface area contributed by atoms with Crippen LogP contribution in [0, 0.1) is 0 Å². The summed E-state index contributed by atoms with van der Waals surface area (Å²) in [4.78, 5) is 13.9. The first-order valence-electron chi connectivity index (χ1n) is 6.12. The van der Waals surface area contributed by atoms with Gasteiger partial charge in [0.15, 0.2) is 0 Å². The highest BCUT2D eigenvalue weighted by molar-refractivity contribution is 7.99. The Morgan fingerprint density at radius 3 is 2.50 bits per heavy atom. The van der Waals surface area contributed by atoms with Gasteiger partial charge in [-0.25, -0.2) is 8.42 Å². The van der Waals surface area contributed by atoms with Crippen molar-refractivity contribution in [2.24, 2.45) is 0 Å². The molecule has 6 nitrogen and oxygen atoms in total. The zero-order valence-electron chi connectivity index (χ0n) is 10.5. The maximum Gasteiger partial charge on any atom is 0.240 e. The van der Waals surface area contributed by atoms with Crippen LogP contribution in [0.5, 0.6) is 0 Å². The minimum Gasteiger partial charge on any atom is -0.339 e. The van der Waals surface area contributed by atoms with Crippen molar-refractivity contribution >= 4 is 27.7 Å². The monoisotopic (exact) mass is 293 g/mol. The Morgan fingerprint density at radius 1 is 1.33 bits per heavy atom. The molecule has 2 saturated heterocycles. The third-order valence-corrected chi connectivity index (χ3v) is 6.14. The van der Waals surface area contributed by atoms with Gasteiger partial charge in [0.05, 0.1) is 11.8 Å². The molecular weight excluding hydrogens is 274 g/mol. The second-order valence-corrected chi connectivity index (χ2v) is 7.68. The van der Waals surface area contributed by atoms with Crippen molar-refractivity contribution in [1.29, 1.82) is 0 Å². The second-order valence-electron chi connectivity index (χ2n) is 4.40. The number of thioether (sulfide) groups is 1. The summed E-state index contributed by atoms with van der Waals surface area (Å²) < 4.78 is 24.9. The number of nitrogens with one attached hydrogen (secondary N) is 1. The molecule has 0 spiro atoms. The zero-order chi connectivity index (χ0) is 13.2. The van der Waals surface area contributed by atoms with Gasteiger partial charge in [-0.2, -0.15) is 4.31 Å². The van der Waals surface area contributed by atoms with Crippen LogP contribution in [0.4, 0.5) is 0 Å². The Labute approximate surface area is 112 Å². The van der Waals surface area contributed by atoms with E-state index >= 15 is 0 Å². The summed E-state index contributed by atoms with van der Waals surface area (Å²) >= 11 is 1.72. The Hall–Kier alpha value is -0.310. The third-order valence-electron chi connectivity index (χ3n) is 3.32. The van der Waals surface area contributed by atoms with Crippen molar-refractivity contribution in [3.8, 4) is 0 Å². The van der Waals surface area contributed by atoms with E-state index in [0.29, 0.717) is 26.2 Å². The highest BCUT2D eigenvalue weighted by Crippen LogP contribution is 2.14. The van der Waals surface area contributed by atoms with Gasteiger partial charge in [-0.05, 0) is 6.92 Å². The van der Waals surface area contributed by atoms with Crippen LogP contribution in [-0.2, 0) is 14.8 Å². The molecule has 0 aromatic rings. The number of carbonyl (C=O) groups excluding carboxylic acids is 1. The maximum atomic E-state index is 12.1. The van der Waals surface area contributed by atoms with Crippen molar-refractivity contribution in [2.45, 2.75) is 13.0 Å². The molecule has 0 radical (unpaired) electrons. The predicted molar refractivity (Wildman–Crippen MR) is 71.9 cm³/mol. The quantitative estimate of drug-likeness (QED) is 0.733. The molecule has 1 unspecified atom stereocenters. The summed E-state index contributed by atoms with van der Waals surface area (Å²) in [6, 6.07) is -0.0932. The van der Waals surface area contributed by atoms with Gasteiger partial charge in [0.1, 0.15) is 0 Å². The summed E-state index contributed by atoms with van der Waals surface area (Å²) in [5.74, 6) is 1.86. The zero-order valence-corrected chi connectivity index (χ0v) is 12.1. The summed E-state index contributed by atoms with van der Waals surface area (Å²) in [5, 5.41) is 3.15. The molecule has 104 valence electrons. The van der Waals surface area contributed by atoms with Gasteiger partial charge in [0.2, 0.25) is 15.9 Å². The topological polar surface area (TPSA) is 69.7 Å². The average Bonchev–Trinajstić information content (AvgIpc) is 2.92. The van der Waals surface area contributed by atoms with Gasteiger partial charge in [0, 0.05) is 37.8 Å². The van der Waals surface area contributed by atoms with Crippen LogP contribution in [0.3, 0.4) is 0 Å². The van der Waals surface area contributed by atoms with E-state index < -0.39 is 10.0 Å². The van der Waals surface area contributed by atoms with E-state index in [2.05, 4.69) is 5.32 Å². The molecule has 18 heavy (non-hydrogen) atoms. The molecule has 0 bridgehead atoms. The molecule has 8 heteroatoms. The third kappa shape index (κ3) is 2.98. The van der Waals surface area contributed by atoms with Gasteiger partial charge in [-0.1, -0.05) is 0 Å². The van der Waals surface area contributed by atoms with Gasteiger partial charge >= 0.3 is 0 Å². The molecule has 0 aromatic carbocycles. The molecule has 2 fully saturated rings. The summed E-state index contributed by atoms with van der Waals surface area (Å²) in [5.41, 5.74) is 0. The highest BCUT2D eigenvalue weighted by Gasteiger charge is 2.32. The van der Waals surface area contributed by atoms with E-state index in [1.807, 2.05) is 0 Å². The van der Waals surface area contributed by atoms with Gasteiger partial charge in [0.25, 0.3) is 0 Å². The number of carbonyl (C=O) groups is 1. The lowest BCUT2D eigenvalue weighted by Crippen LogP contribution is -2.54. The van der Waals surface area contributed by atoms with Gasteiger partial charge in [-0.3, -0.25) is 10.1 Å². The summed E-state index contributed by atoms with van der Waals surface area (Å²) in [7, 11) is -3.11. The minimum atomic E-state index is -3.11. The smallest absolute Gasteiger partial charge is 0.240 e. The van der Waals surface area contributed by atoms with Crippen molar-refractivity contribution < 1.29 is 13.2 Å². The number of amides is 1. The van der Waals surface area contributed by atoms with E-state index in [-0.39, 0.29) is 17.7 Å². The maximum absolute atomic E-state index is 12.1. The molecule has 0 aliphatic carbocycles. The summed E-state index contributed by atoms with van der Waals surface area (Å²) in [6.45, 7) is 3.48. The normalized spacial score (nSPS) is 26.5. The Bertz CT molecular complexity index is 399. The van der Waals surface area contributed by atoms with E-state index in [9.17, 15) is 13.2 Å². The molecule has 1 N–H and O–H groups in total. The molecule has 2 rings (SSSR count). The molecular formula is C10H19N3O3S2. The number of sulfonamides is 1. The van der Waals surface area contributed by atoms with Gasteiger partial charge in [-0.15, -0.1) is 11.8 Å². The highest BCUT2D eigenvalue weighted by atomic mass is 32.2. The fraction of sp³-hybridized carbons (Fsp3) is 0.900. The van der Waals surface area contributed by atoms with Crippen molar-refractivity contribution in [2.75, 3.05) is 43.6 Å². The van der Waals surface area contributed by atoms with Crippen LogP contribution >= 0.6 is 11.8 Å². The minimum absolute atomic E-state index is 0.0932. The largest absolute Gasteiger partial charge is 0.339 e. The van der Waals surface area contributed by atoms with Crippen LogP contribution in [0.1, 0.15) is 6.92 Å². The summed E-state index contributed by atoms with van der Waals surface area (Å²) in [6.07, 6.45) is 0. The number of hydrogen-bond acceptors (Lipinski definition) is 5. The standard InChI is InChI=1S/C10H19N3O3S2/c1-2-18(15,16)13-5-3-12(4-6-13)10(14)9-7-17-8-11-9/h9,11H,2-8H2,1H3.